The predicted octanol–water partition coefficient (Wildman–Crippen LogP) is 3.36. The van der Waals surface area contributed by atoms with Gasteiger partial charge in [0, 0.05) is 45.7 Å². The van der Waals surface area contributed by atoms with Crippen LogP contribution in [-0.4, -0.2) is 56.5 Å². The van der Waals surface area contributed by atoms with Gasteiger partial charge in [-0.3, -0.25) is 4.79 Å². The van der Waals surface area contributed by atoms with E-state index < -0.39 is 0 Å². The zero-order valence-electron chi connectivity index (χ0n) is 18.3. The van der Waals surface area contributed by atoms with Crippen molar-refractivity contribution in [2.75, 3.05) is 38.6 Å². The molecule has 8 heteroatoms. The van der Waals surface area contributed by atoms with Gasteiger partial charge >= 0.3 is 0 Å². The minimum atomic E-state index is -0.238. The van der Waals surface area contributed by atoms with E-state index in [0.29, 0.717) is 24.1 Å². The molecule has 2 aliphatic rings. The molecule has 1 aliphatic carbocycles. The molecule has 1 amide bonds. The quantitative estimate of drug-likeness (QED) is 0.336. The fourth-order valence-corrected chi connectivity index (χ4v) is 4.20. The number of halogens is 2. The Morgan fingerprint density at radius 3 is 2.63 bits per heavy atom. The van der Waals surface area contributed by atoms with Crippen LogP contribution in [0.25, 0.3) is 0 Å². The minimum absolute atomic E-state index is 0. The number of guanidine groups is 1. The number of carbonyl (C=O) groups excluding carboxylic acids is 1. The average molecular weight is 531 g/mol. The minimum Gasteiger partial charge on any atom is -0.375 e. The molecular weight excluding hydrogens is 496 g/mol. The van der Waals surface area contributed by atoms with Gasteiger partial charge in [-0.1, -0.05) is 18.9 Å². The molecule has 0 spiro atoms. The maximum atomic E-state index is 14.2. The molecule has 1 aromatic rings. The molecule has 1 saturated heterocycles. The molecule has 1 aromatic carbocycles. The number of aliphatic imine (C=N–C) groups is 1. The molecule has 1 aliphatic heterocycles. The van der Waals surface area contributed by atoms with Crippen LogP contribution < -0.4 is 15.5 Å². The van der Waals surface area contributed by atoms with Crippen LogP contribution in [0.4, 0.5) is 10.1 Å². The molecule has 2 N–H and O–H groups in total. The number of benzene rings is 1. The number of carbonyl (C=O) groups is 1. The Morgan fingerprint density at radius 1 is 1.27 bits per heavy atom. The topological polar surface area (TPSA) is 60.0 Å². The summed E-state index contributed by atoms with van der Waals surface area (Å²) in [6.45, 7) is 4.71. The lowest BCUT2D eigenvalue weighted by atomic mass is 10.1. The zero-order chi connectivity index (χ0) is 20.8. The SMILES string of the molecule is CCNC(=NCc1ccc(N(C)C)c(F)c1)NC1CCN(C(=O)C2CCCC2)C1.I. The second-order valence-corrected chi connectivity index (χ2v) is 8.27. The molecule has 1 heterocycles. The summed E-state index contributed by atoms with van der Waals surface area (Å²) in [5.74, 6) is 1.03. The van der Waals surface area contributed by atoms with Crippen molar-refractivity contribution >= 4 is 41.5 Å². The fourth-order valence-electron chi connectivity index (χ4n) is 4.20. The first-order chi connectivity index (χ1) is 14.0. The molecule has 0 aromatic heterocycles. The highest BCUT2D eigenvalue weighted by Gasteiger charge is 2.32. The van der Waals surface area contributed by atoms with Gasteiger partial charge in [0.2, 0.25) is 5.91 Å². The van der Waals surface area contributed by atoms with Gasteiger partial charge in [0.1, 0.15) is 5.82 Å². The summed E-state index contributed by atoms with van der Waals surface area (Å²) in [7, 11) is 3.65. The third-order valence-electron chi connectivity index (χ3n) is 5.80. The second kappa shape index (κ2) is 11.7. The van der Waals surface area contributed by atoms with Crippen molar-refractivity contribution in [1.82, 2.24) is 15.5 Å². The summed E-state index contributed by atoms with van der Waals surface area (Å²) in [5.41, 5.74) is 1.40. The molecule has 6 nitrogen and oxygen atoms in total. The van der Waals surface area contributed by atoms with Crippen LogP contribution in [0.2, 0.25) is 0 Å². The Kier molecular flexibility index (Phi) is 9.64. The Morgan fingerprint density at radius 2 is 2.00 bits per heavy atom. The highest BCUT2D eigenvalue weighted by molar-refractivity contribution is 14.0. The van der Waals surface area contributed by atoms with Crippen LogP contribution >= 0.6 is 24.0 Å². The van der Waals surface area contributed by atoms with Crippen molar-refractivity contribution in [2.24, 2.45) is 10.9 Å². The third kappa shape index (κ3) is 6.46. The van der Waals surface area contributed by atoms with E-state index in [1.165, 1.54) is 12.8 Å². The summed E-state index contributed by atoms with van der Waals surface area (Å²) in [5, 5.41) is 6.71. The average Bonchev–Trinajstić information content (AvgIpc) is 3.38. The third-order valence-corrected chi connectivity index (χ3v) is 5.80. The molecule has 2 fully saturated rings. The highest BCUT2D eigenvalue weighted by Crippen LogP contribution is 2.27. The van der Waals surface area contributed by atoms with Crippen LogP contribution in [-0.2, 0) is 11.3 Å². The van der Waals surface area contributed by atoms with E-state index in [4.69, 9.17) is 0 Å². The van der Waals surface area contributed by atoms with E-state index in [9.17, 15) is 9.18 Å². The maximum Gasteiger partial charge on any atom is 0.225 e. The lowest BCUT2D eigenvalue weighted by Gasteiger charge is -2.21. The molecule has 168 valence electrons. The van der Waals surface area contributed by atoms with E-state index in [2.05, 4.69) is 15.6 Å². The van der Waals surface area contributed by atoms with Gasteiger partial charge in [0.15, 0.2) is 5.96 Å². The molecule has 30 heavy (non-hydrogen) atoms. The van der Waals surface area contributed by atoms with E-state index >= 15 is 0 Å². The van der Waals surface area contributed by atoms with E-state index in [0.717, 1.165) is 44.5 Å². The smallest absolute Gasteiger partial charge is 0.225 e. The van der Waals surface area contributed by atoms with Crippen LogP contribution in [0.3, 0.4) is 0 Å². The van der Waals surface area contributed by atoms with Gasteiger partial charge in [-0.2, -0.15) is 0 Å². The van der Waals surface area contributed by atoms with Gasteiger partial charge in [-0.05, 0) is 43.9 Å². The fraction of sp³-hybridized carbons (Fsp3) is 0.636. The second-order valence-electron chi connectivity index (χ2n) is 8.27. The van der Waals surface area contributed by atoms with Gasteiger partial charge in [-0.25, -0.2) is 9.38 Å². The number of likely N-dealkylation sites (tertiary alicyclic amines) is 1. The van der Waals surface area contributed by atoms with Crippen molar-refractivity contribution < 1.29 is 9.18 Å². The van der Waals surface area contributed by atoms with Crippen molar-refractivity contribution in [3.8, 4) is 0 Å². The Labute approximate surface area is 196 Å². The summed E-state index contributed by atoms with van der Waals surface area (Å²) in [6, 6.07) is 5.43. The molecule has 1 unspecified atom stereocenters. The number of amides is 1. The van der Waals surface area contributed by atoms with Crippen molar-refractivity contribution in [2.45, 2.75) is 51.6 Å². The van der Waals surface area contributed by atoms with Crippen LogP contribution in [0.15, 0.2) is 23.2 Å². The largest absolute Gasteiger partial charge is 0.375 e. The standard InChI is InChI=1S/C22H34FN5O.HI/c1-4-24-22(25-14-16-9-10-20(27(2)3)19(23)13-16)26-18-11-12-28(15-18)21(29)17-7-5-6-8-17;/h9-10,13,17-18H,4-8,11-12,14-15H2,1-3H3,(H2,24,25,26);1H. The molecule has 0 radical (unpaired) electrons. The summed E-state index contributed by atoms with van der Waals surface area (Å²) in [4.78, 5) is 21.0. The van der Waals surface area contributed by atoms with Crippen molar-refractivity contribution in [3.05, 3.63) is 29.6 Å². The summed E-state index contributed by atoms with van der Waals surface area (Å²) in [6.07, 6.45) is 5.37. The zero-order valence-corrected chi connectivity index (χ0v) is 20.6. The molecule has 3 rings (SSSR count). The lowest BCUT2D eigenvalue weighted by Crippen LogP contribution is -2.45. The Bertz CT molecular complexity index is 736. The van der Waals surface area contributed by atoms with Gasteiger partial charge in [0.05, 0.1) is 12.2 Å². The molecule has 1 atom stereocenters. The van der Waals surface area contributed by atoms with Crippen molar-refractivity contribution in [3.63, 3.8) is 0 Å². The summed E-state index contributed by atoms with van der Waals surface area (Å²) >= 11 is 0. The Balaban J connectivity index is 0.00000320. The molecular formula is C22H35FIN5O. The number of nitrogens with one attached hydrogen (secondary N) is 2. The van der Waals surface area contributed by atoms with E-state index in [1.807, 2.05) is 32.0 Å². The van der Waals surface area contributed by atoms with E-state index in [1.54, 1.807) is 17.0 Å². The first kappa shape index (κ1) is 24.7. The number of rotatable bonds is 6. The first-order valence-electron chi connectivity index (χ1n) is 10.8. The van der Waals surface area contributed by atoms with Gasteiger partial charge in [0.25, 0.3) is 0 Å². The van der Waals surface area contributed by atoms with Gasteiger partial charge < -0.3 is 20.4 Å². The lowest BCUT2D eigenvalue weighted by molar-refractivity contribution is -0.134. The maximum absolute atomic E-state index is 14.2. The number of hydrogen-bond acceptors (Lipinski definition) is 3. The van der Waals surface area contributed by atoms with E-state index in [-0.39, 0.29) is 41.8 Å². The number of nitrogens with zero attached hydrogens (tertiary/aromatic N) is 3. The number of anilines is 1. The van der Waals surface area contributed by atoms with Crippen molar-refractivity contribution in [1.29, 1.82) is 0 Å². The predicted molar refractivity (Wildman–Crippen MR) is 131 cm³/mol. The highest BCUT2D eigenvalue weighted by atomic mass is 127. The Hall–Kier alpha value is -1.58. The molecule has 0 bridgehead atoms. The van der Waals surface area contributed by atoms with Crippen LogP contribution in [0.5, 0.6) is 0 Å². The first-order valence-corrected chi connectivity index (χ1v) is 10.8. The van der Waals surface area contributed by atoms with Gasteiger partial charge in [-0.15, -0.1) is 24.0 Å². The van der Waals surface area contributed by atoms with Crippen LogP contribution in [0.1, 0.15) is 44.6 Å². The monoisotopic (exact) mass is 531 g/mol. The summed E-state index contributed by atoms with van der Waals surface area (Å²) < 4.78 is 14.2. The normalized spacial score (nSPS) is 19.5. The molecule has 1 saturated carbocycles. The van der Waals surface area contributed by atoms with Crippen LogP contribution in [0, 0.1) is 11.7 Å². The number of hydrogen-bond donors (Lipinski definition) is 2.